The molecular formula is C15H19FN2O2. The quantitative estimate of drug-likeness (QED) is 0.848. The molecule has 0 spiro atoms. The van der Waals surface area contributed by atoms with E-state index in [0.717, 1.165) is 13.0 Å². The molecule has 1 aliphatic heterocycles. The van der Waals surface area contributed by atoms with Gasteiger partial charge in [0.2, 0.25) is 5.91 Å². The summed E-state index contributed by atoms with van der Waals surface area (Å²) in [6.07, 6.45) is 0.739. The molecule has 1 unspecified atom stereocenters. The van der Waals surface area contributed by atoms with Crippen LogP contribution < -0.4 is 5.32 Å². The van der Waals surface area contributed by atoms with E-state index < -0.39 is 5.41 Å². The van der Waals surface area contributed by atoms with Crippen molar-refractivity contribution < 1.29 is 14.0 Å². The van der Waals surface area contributed by atoms with Crippen LogP contribution in [0.15, 0.2) is 24.3 Å². The number of amides is 1. The van der Waals surface area contributed by atoms with Crippen LogP contribution in [0, 0.1) is 11.2 Å². The van der Waals surface area contributed by atoms with Crippen LogP contribution in [0.1, 0.15) is 23.7 Å². The maximum Gasteiger partial charge on any atom is 0.227 e. The third-order valence-corrected chi connectivity index (χ3v) is 3.86. The molecule has 1 aromatic rings. The molecule has 1 fully saturated rings. The number of benzene rings is 1. The molecule has 1 heterocycles. The van der Waals surface area contributed by atoms with E-state index in [1.54, 1.807) is 7.05 Å². The van der Waals surface area contributed by atoms with E-state index in [-0.39, 0.29) is 24.1 Å². The van der Waals surface area contributed by atoms with E-state index in [1.807, 2.05) is 11.8 Å². The number of nitrogens with zero attached hydrogens (tertiary/aromatic N) is 1. The van der Waals surface area contributed by atoms with E-state index in [2.05, 4.69) is 5.32 Å². The minimum absolute atomic E-state index is 0.00855. The number of carbonyl (C=O) groups is 2. The summed E-state index contributed by atoms with van der Waals surface area (Å²) in [5.41, 5.74) is 0.0672. The van der Waals surface area contributed by atoms with Crippen molar-refractivity contribution in [2.75, 3.05) is 26.7 Å². The van der Waals surface area contributed by atoms with Crippen LogP contribution in [0.25, 0.3) is 0 Å². The molecule has 0 saturated carbocycles. The number of ketones is 1. The highest BCUT2D eigenvalue weighted by atomic mass is 19.1. The molecule has 5 heteroatoms. The Labute approximate surface area is 118 Å². The fourth-order valence-corrected chi connectivity index (χ4v) is 2.61. The van der Waals surface area contributed by atoms with Crippen molar-refractivity contribution in [2.24, 2.45) is 5.41 Å². The molecular weight excluding hydrogens is 259 g/mol. The van der Waals surface area contributed by atoms with Crippen LogP contribution in [0.5, 0.6) is 0 Å². The SMILES string of the molecule is CNC(=O)C1(C)CCN(CC(=O)c2ccc(F)cc2)C1. The number of hydrogen-bond acceptors (Lipinski definition) is 3. The smallest absolute Gasteiger partial charge is 0.227 e. The maximum atomic E-state index is 12.8. The topological polar surface area (TPSA) is 49.4 Å². The van der Waals surface area contributed by atoms with Gasteiger partial charge < -0.3 is 5.32 Å². The van der Waals surface area contributed by atoms with Crippen LogP contribution in [0.3, 0.4) is 0 Å². The Bertz CT molecular complexity index is 515. The lowest BCUT2D eigenvalue weighted by atomic mass is 9.89. The van der Waals surface area contributed by atoms with Gasteiger partial charge in [-0.05, 0) is 44.2 Å². The molecule has 1 aromatic carbocycles. The van der Waals surface area contributed by atoms with Crippen molar-refractivity contribution in [3.05, 3.63) is 35.6 Å². The molecule has 1 atom stereocenters. The Morgan fingerprint density at radius 2 is 2.00 bits per heavy atom. The van der Waals surface area contributed by atoms with E-state index in [0.29, 0.717) is 12.1 Å². The number of Topliss-reactive ketones (excluding diaryl/α,β-unsaturated/α-hetero) is 1. The summed E-state index contributed by atoms with van der Waals surface area (Å²) in [6.45, 7) is 3.46. The number of likely N-dealkylation sites (tertiary alicyclic amines) is 1. The highest BCUT2D eigenvalue weighted by Gasteiger charge is 2.40. The first-order valence-electron chi connectivity index (χ1n) is 6.68. The second-order valence-electron chi connectivity index (χ2n) is 5.53. The Hall–Kier alpha value is -1.75. The minimum Gasteiger partial charge on any atom is -0.359 e. The fourth-order valence-electron chi connectivity index (χ4n) is 2.61. The zero-order valence-electron chi connectivity index (χ0n) is 11.8. The van der Waals surface area contributed by atoms with Gasteiger partial charge in [-0.2, -0.15) is 0 Å². The first kappa shape index (κ1) is 14.7. The van der Waals surface area contributed by atoms with Crippen molar-refractivity contribution in [3.8, 4) is 0 Å². The number of rotatable bonds is 4. The van der Waals surface area contributed by atoms with Gasteiger partial charge in [-0.3, -0.25) is 14.5 Å². The summed E-state index contributed by atoms with van der Waals surface area (Å²) in [7, 11) is 1.62. The Morgan fingerprint density at radius 1 is 1.35 bits per heavy atom. The van der Waals surface area contributed by atoms with E-state index in [1.165, 1.54) is 24.3 Å². The fraction of sp³-hybridized carbons (Fsp3) is 0.467. The predicted molar refractivity (Wildman–Crippen MR) is 74.0 cm³/mol. The zero-order valence-corrected chi connectivity index (χ0v) is 11.8. The standard InChI is InChI=1S/C15H19FN2O2/c1-15(14(20)17-2)7-8-18(10-15)9-13(19)11-3-5-12(16)6-4-11/h3-6H,7-10H2,1-2H3,(H,17,20). The summed E-state index contributed by atoms with van der Waals surface area (Å²) in [5, 5.41) is 2.67. The molecule has 4 nitrogen and oxygen atoms in total. The van der Waals surface area contributed by atoms with Crippen LogP contribution in [0.2, 0.25) is 0 Å². The molecule has 20 heavy (non-hydrogen) atoms. The zero-order chi connectivity index (χ0) is 14.8. The summed E-state index contributed by atoms with van der Waals surface area (Å²) >= 11 is 0. The van der Waals surface area contributed by atoms with E-state index in [4.69, 9.17) is 0 Å². The summed E-state index contributed by atoms with van der Waals surface area (Å²) in [6, 6.07) is 5.55. The van der Waals surface area contributed by atoms with Crippen molar-refractivity contribution in [1.82, 2.24) is 10.2 Å². The molecule has 0 aliphatic carbocycles. The lowest BCUT2D eigenvalue weighted by molar-refractivity contribution is -0.129. The van der Waals surface area contributed by atoms with Gasteiger partial charge in [0.25, 0.3) is 0 Å². The van der Waals surface area contributed by atoms with Gasteiger partial charge in [0.1, 0.15) is 5.82 Å². The van der Waals surface area contributed by atoms with E-state index >= 15 is 0 Å². The van der Waals surface area contributed by atoms with Gasteiger partial charge in [0.05, 0.1) is 12.0 Å². The first-order chi connectivity index (χ1) is 9.44. The highest BCUT2D eigenvalue weighted by Crippen LogP contribution is 2.30. The molecule has 0 radical (unpaired) electrons. The van der Waals surface area contributed by atoms with Gasteiger partial charge in [-0.1, -0.05) is 0 Å². The normalized spacial score (nSPS) is 22.8. The van der Waals surface area contributed by atoms with Crippen molar-refractivity contribution in [1.29, 1.82) is 0 Å². The Balaban J connectivity index is 1.97. The second-order valence-corrected chi connectivity index (χ2v) is 5.53. The molecule has 1 saturated heterocycles. The average molecular weight is 278 g/mol. The molecule has 0 bridgehead atoms. The number of halogens is 1. The summed E-state index contributed by atoms with van der Waals surface area (Å²) in [5.74, 6) is -0.393. The number of hydrogen-bond donors (Lipinski definition) is 1. The minimum atomic E-state index is -0.433. The summed E-state index contributed by atoms with van der Waals surface area (Å²) in [4.78, 5) is 25.9. The third-order valence-electron chi connectivity index (χ3n) is 3.86. The van der Waals surface area contributed by atoms with Crippen molar-refractivity contribution in [2.45, 2.75) is 13.3 Å². The van der Waals surface area contributed by atoms with E-state index in [9.17, 15) is 14.0 Å². The van der Waals surface area contributed by atoms with Crippen LogP contribution in [-0.4, -0.2) is 43.3 Å². The average Bonchev–Trinajstić information content (AvgIpc) is 2.81. The Kier molecular flexibility index (Phi) is 4.18. The van der Waals surface area contributed by atoms with Gasteiger partial charge in [-0.15, -0.1) is 0 Å². The third kappa shape index (κ3) is 3.04. The molecule has 108 valence electrons. The van der Waals surface area contributed by atoms with Crippen LogP contribution >= 0.6 is 0 Å². The van der Waals surface area contributed by atoms with Crippen LogP contribution in [-0.2, 0) is 4.79 Å². The largest absolute Gasteiger partial charge is 0.359 e. The van der Waals surface area contributed by atoms with Gasteiger partial charge in [0, 0.05) is 19.2 Å². The predicted octanol–water partition coefficient (Wildman–Crippen LogP) is 1.47. The molecule has 0 aromatic heterocycles. The highest BCUT2D eigenvalue weighted by molar-refractivity contribution is 5.97. The number of nitrogens with one attached hydrogen (secondary N) is 1. The monoisotopic (exact) mass is 278 g/mol. The van der Waals surface area contributed by atoms with Gasteiger partial charge >= 0.3 is 0 Å². The van der Waals surface area contributed by atoms with Crippen molar-refractivity contribution >= 4 is 11.7 Å². The molecule has 1 amide bonds. The molecule has 2 rings (SSSR count). The number of carbonyl (C=O) groups excluding carboxylic acids is 2. The lowest BCUT2D eigenvalue weighted by Crippen LogP contribution is -2.40. The van der Waals surface area contributed by atoms with Gasteiger partial charge in [-0.25, -0.2) is 4.39 Å². The molecule has 1 aliphatic rings. The second kappa shape index (κ2) is 5.71. The summed E-state index contributed by atoms with van der Waals surface area (Å²) < 4.78 is 12.8. The van der Waals surface area contributed by atoms with Crippen molar-refractivity contribution in [3.63, 3.8) is 0 Å². The lowest BCUT2D eigenvalue weighted by Gasteiger charge is -2.22. The Morgan fingerprint density at radius 3 is 2.60 bits per heavy atom. The van der Waals surface area contributed by atoms with Crippen LogP contribution in [0.4, 0.5) is 4.39 Å². The molecule has 1 N–H and O–H groups in total. The van der Waals surface area contributed by atoms with Gasteiger partial charge in [0.15, 0.2) is 5.78 Å². The first-order valence-corrected chi connectivity index (χ1v) is 6.68. The maximum absolute atomic E-state index is 12.8.